The lowest BCUT2D eigenvalue weighted by Gasteiger charge is -2.41. The van der Waals surface area contributed by atoms with Crippen molar-refractivity contribution in [3.05, 3.63) is 34.6 Å². The summed E-state index contributed by atoms with van der Waals surface area (Å²) in [6.07, 6.45) is 4.57. The Labute approximate surface area is 131 Å². The molecule has 2 nitrogen and oxygen atoms in total. The Morgan fingerprint density at radius 2 is 1.86 bits per heavy atom. The summed E-state index contributed by atoms with van der Waals surface area (Å²) in [5.74, 6) is -0.340. The van der Waals surface area contributed by atoms with E-state index in [-0.39, 0.29) is 11.4 Å². The van der Waals surface area contributed by atoms with Gasteiger partial charge in [-0.25, -0.2) is 4.39 Å². The SMILES string of the molecule is CC(C)(C(O)Cc1ccc(Cl)cc1F)N1CCCCCC1. The highest BCUT2D eigenvalue weighted by Gasteiger charge is 2.34. The van der Waals surface area contributed by atoms with Gasteiger partial charge in [-0.3, -0.25) is 4.90 Å². The minimum Gasteiger partial charge on any atom is -0.391 e. The molecule has 1 saturated heterocycles. The maximum Gasteiger partial charge on any atom is 0.127 e. The van der Waals surface area contributed by atoms with Crippen molar-refractivity contribution in [2.24, 2.45) is 0 Å². The van der Waals surface area contributed by atoms with Crippen LogP contribution in [0.15, 0.2) is 18.2 Å². The monoisotopic (exact) mass is 313 g/mol. The van der Waals surface area contributed by atoms with Gasteiger partial charge in [0.25, 0.3) is 0 Å². The zero-order valence-electron chi connectivity index (χ0n) is 12.9. The molecule has 118 valence electrons. The van der Waals surface area contributed by atoms with Gasteiger partial charge >= 0.3 is 0 Å². The minimum absolute atomic E-state index is 0.312. The van der Waals surface area contributed by atoms with E-state index in [9.17, 15) is 9.50 Å². The summed E-state index contributed by atoms with van der Waals surface area (Å²) < 4.78 is 13.9. The quantitative estimate of drug-likeness (QED) is 0.907. The summed E-state index contributed by atoms with van der Waals surface area (Å²) in [6.45, 7) is 6.12. The van der Waals surface area contributed by atoms with Gasteiger partial charge in [0.1, 0.15) is 5.82 Å². The molecule has 0 amide bonds. The molecule has 1 aromatic carbocycles. The number of aliphatic hydroxyl groups excluding tert-OH is 1. The molecular formula is C17H25ClFNO. The molecule has 1 aliphatic heterocycles. The molecule has 0 aliphatic carbocycles. The minimum atomic E-state index is -0.605. The topological polar surface area (TPSA) is 23.5 Å². The molecule has 1 unspecified atom stereocenters. The fourth-order valence-corrected chi connectivity index (χ4v) is 3.16. The van der Waals surface area contributed by atoms with Crippen LogP contribution in [-0.2, 0) is 6.42 Å². The molecule has 1 aromatic rings. The third-order valence-electron chi connectivity index (χ3n) is 4.66. The molecule has 1 atom stereocenters. The first kappa shape index (κ1) is 16.7. The number of nitrogens with zero attached hydrogens (tertiary/aromatic N) is 1. The summed E-state index contributed by atoms with van der Waals surface area (Å²) in [5.41, 5.74) is 0.172. The van der Waals surface area contributed by atoms with Crippen molar-refractivity contribution < 1.29 is 9.50 Å². The van der Waals surface area contributed by atoms with Crippen molar-refractivity contribution >= 4 is 11.6 Å². The van der Waals surface area contributed by atoms with E-state index in [1.807, 2.05) is 0 Å². The van der Waals surface area contributed by atoms with Gasteiger partial charge in [-0.2, -0.15) is 0 Å². The van der Waals surface area contributed by atoms with Crippen molar-refractivity contribution in [3.8, 4) is 0 Å². The highest BCUT2D eigenvalue weighted by atomic mass is 35.5. The molecule has 0 aromatic heterocycles. The fraction of sp³-hybridized carbons (Fsp3) is 0.647. The number of hydrogen-bond acceptors (Lipinski definition) is 2. The van der Waals surface area contributed by atoms with Crippen LogP contribution in [0.5, 0.6) is 0 Å². The van der Waals surface area contributed by atoms with Gasteiger partial charge in [-0.05, 0) is 57.5 Å². The summed E-state index contributed by atoms with van der Waals surface area (Å²) >= 11 is 5.77. The molecule has 1 heterocycles. The zero-order valence-corrected chi connectivity index (χ0v) is 13.7. The van der Waals surface area contributed by atoms with E-state index < -0.39 is 6.10 Å². The van der Waals surface area contributed by atoms with Crippen LogP contribution in [0.1, 0.15) is 45.1 Å². The van der Waals surface area contributed by atoms with Crippen LogP contribution in [0.3, 0.4) is 0 Å². The van der Waals surface area contributed by atoms with Gasteiger partial charge in [0, 0.05) is 17.0 Å². The molecule has 2 rings (SSSR count). The van der Waals surface area contributed by atoms with Crippen molar-refractivity contribution in [2.45, 2.75) is 57.6 Å². The van der Waals surface area contributed by atoms with Crippen molar-refractivity contribution in [1.82, 2.24) is 4.90 Å². The number of aliphatic hydroxyl groups is 1. The van der Waals surface area contributed by atoms with Crippen LogP contribution in [0, 0.1) is 5.82 Å². The van der Waals surface area contributed by atoms with Gasteiger partial charge in [-0.15, -0.1) is 0 Å². The van der Waals surface area contributed by atoms with E-state index in [2.05, 4.69) is 18.7 Å². The number of rotatable bonds is 4. The van der Waals surface area contributed by atoms with E-state index in [0.29, 0.717) is 17.0 Å². The van der Waals surface area contributed by atoms with Crippen LogP contribution in [0.25, 0.3) is 0 Å². The van der Waals surface area contributed by atoms with E-state index in [1.54, 1.807) is 12.1 Å². The van der Waals surface area contributed by atoms with Crippen LogP contribution in [-0.4, -0.2) is 34.7 Å². The van der Waals surface area contributed by atoms with E-state index in [4.69, 9.17) is 11.6 Å². The Kier molecular flexibility index (Phi) is 5.64. The second-order valence-electron chi connectivity index (χ2n) is 6.51. The standard InChI is InChI=1S/C17H25ClFNO/c1-17(2,20-9-5-3-4-6-10-20)16(21)11-13-7-8-14(18)12-15(13)19/h7-8,12,16,21H,3-6,9-11H2,1-2H3. The first-order chi connectivity index (χ1) is 9.91. The average Bonchev–Trinajstić information content (AvgIpc) is 2.71. The van der Waals surface area contributed by atoms with Crippen LogP contribution in [0.2, 0.25) is 5.02 Å². The zero-order chi connectivity index (χ0) is 15.5. The van der Waals surface area contributed by atoms with Gasteiger partial charge in [0.05, 0.1) is 6.10 Å². The summed E-state index contributed by atoms with van der Waals surface area (Å²) in [4.78, 5) is 2.35. The van der Waals surface area contributed by atoms with Crippen LogP contribution in [0.4, 0.5) is 4.39 Å². The molecule has 0 bridgehead atoms. The Morgan fingerprint density at radius 3 is 2.43 bits per heavy atom. The summed E-state index contributed by atoms with van der Waals surface area (Å²) in [6, 6.07) is 4.65. The Hall–Kier alpha value is -0.640. The number of halogens is 2. The predicted octanol–water partition coefficient (Wildman–Crippen LogP) is 4.04. The van der Waals surface area contributed by atoms with E-state index in [1.165, 1.54) is 31.7 Å². The summed E-state index contributed by atoms with van der Waals surface area (Å²) in [7, 11) is 0. The van der Waals surface area contributed by atoms with E-state index >= 15 is 0 Å². The van der Waals surface area contributed by atoms with Crippen molar-refractivity contribution in [3.63, 3.8) is 0 Å². The van der Waals surface area contributed by atoms with Gasteiger partial charge in [0.2, 0.25) is 0 Å². The molecule has 1 aliphatic rings. The molecular weight excluding hydrogens is 289 g/mol. The largest absolute Gasteiger partial charge is 0.391 e. The van der Waals surface area contributed by atoms with Crippen molar-refractivity contribution in [2.75, 3.05) is 13.1 Å². The predicted molar refractivity (Wildman–Crippen MR) is 85.2 cm³/mol. The fourth-order valence-electron chi connectivity index (χ4n) is 3.00. The molecule has 0 saturated carbocycles. The highest BCUT2D eigenvalue weighted by molar-refractivity contribution is 6.30. The molecule has 4 heteroatoms. The number of hydrogen-bond donors (Lipinski definition) is 1. The lowest BCUT2D eigenvalue weighted by atomic mass is 9.89. The maximum atomic E-state index is 13.9. The molecule has 21 heavy (non-hydrogen) atoms. The van der Waals surface area contributed by atoms with Gasteiger partial charge in [0.15, 0.2) is 0 Å². The van der Waals surface area contributed by atoms with Crippen LogP contribution < -0.4 is 0 Å². The van der Waals surface area contributed by atoms with E-state index in [0.717, 1.165) is 13.1 Å². The molecule has 1 fully saturated rings. The second kappa shape index (κ2) is 7.08. The van der Waals surface area contributed by atoms with Gasteiger partial charge in [-0.1, -0.05) is 30.5 Å². The maximum absolute atomic E-state index is 13.9. The second-order valence-corrected chi connectivity index (χ2v) is 6.95. The molecule has 0 radical (unpaired) electrons. The number of benzene rings is 1. The lowest BCUT2D eigenvalue weighted by molar-refractivity contribution is -0.00824. The smallest absolute Gasteiger partial charge is 0.127 e. The Balaban J connectivity index is 2.07. The van der Waals surface area contributed by atoms with Crippen LogP contribution >= 0.6 is 11.6 Å². The van der Waals surface area contributed by atoms with Crippen molar-refractivity contribution in [1.29, 1.82) is 0 Å². The third-order valence-corrected chi connectivity index (χ3v) is 4.90. The third kappa shape index (κ3) is 4.18. The van der Waals surface area contributed by atoms with Gasteiger partial charge < -0.3 is 5.11 Å². The normalized spacial score (nSPS) is 19.3. The molecule has 1 N–H and O–H groups in total. The first-order valence-electron chi connectivity index (χ1n) is 7.78. The Morgan fingerprint density at radius 1 is 1.24 bits per heavy atom. The average molecular weight is 314 g/mol. The lowest BCUT2D eigenvalue weighted by Crippen LogP contribution is -2.53. The Bertz CT molecular complexity index is 470. The first-order valence-corrected chi connectivity index (χ1v) is 8.16. The number of likely N-dealkylation sites (tertiary alicyclic amines) is 1. The molecule has 0 spiro atoms. The highest BCUT2D eigenvalue weighted by Crippen LogP contribution is 2.26. The summed E-state index contributed by atoms with van der Waals surface area (Å²) in [5, 5.41) is 11.0.